The van der Waals surface area contributed by atoms with Crippen LogP contribution in [0.25, 0.3) is 5.70 Å². The Balaban J connectivity index is 2.03. The fraction of sp³-hybridized carbons (Fsp3) is 0.211. The Bertz CT molecular complexity index is 809. The third kappa shape index (κ3) is 3.44. The van der Waals surface area contributed by atoms with Crippen LogP contribution in [0.1, 0.15) is 35.3 Å². The van der Waals surface area contributed by atoms with E-state index in [1.54, 1.807) is 24.3 Å². The second-order valence-electron chi connectivity index (χ2n) is 6.39. The Kier molecular flexibility index (Phi) is 4.22. The van der Waals surface area contributed by atoms with Crippen LogP contribution in [0.5, 0.6) is 0 Å². The van der Waals surface area contributed by atoms with Crippen molar-refractivity contribution in [2.45, 2.75) is 25.8 Å². The SMILES string of the molecule is CC1(C)Cc2ccccc2/C(=C/C(=O)c2ccc(Cl)cc2Cl)N1. The molecule has 1 aliphatic rings. The highest BCUT2D eigenvalue weighted by Gasteiger charge is 2.27. The zero-order valence-corrected chi connectivity index (χ0v) is 14.5. The van der Waals surface area contributed by atoms with Crippen LogP contribution < -0.4 is 5.32 Å². The van der Waals surface area contributed by atoms with E-state index in [2.05, 4.69) is 25.2 Å². The summed E-state index contributed by atoms with van der Waals surface area (Å²) in [7, 11) is 0. The molecule has 1 heterocycles. The number of halogens is 2. The van der Waals surface area contributed by atoms with E-state index >= 15 is 0 Å². The van der Waals surface area contributed by atoms with Gasteiger partial charge in [-0.3, -0.25) is 4.79 Å². The van der Waals surface area contributed by atoms with E-state index in [4.69, 9.17) is 23.2 Å². The van der Waals surface area contributed by atoms with Gasteiger partial charge in [-0.25, -0.2) is 0 Å². The van der Waals surface area contributed by atoms with Crippen molar-refractivity contribution < 1.29 is 4.79 Å². The van der Waals surface area contributed by atoms with Crippen LogP contribution in [0, 0.1) is 0 Å². The zero-order valence-electron chi connectivity index (χ0n) is 13.0. The van der Waals surface area contributed by atoms with Gasteiger partial charge in [0, 0.05) is 33.5 Å². The molecule has 3 rings (SSSR count). The predicted molar refractivity (Wildman–Crippen MR) is 96.1 cm³/mol. The first-order valence-corrected chi connectivity index (χ1v) is 8.19. The van der Waals surface area contributed by atoms with Gasteiger partial charge in [0.15, 0.2) is 5.78 Å². The van der Waals surface area contributed by atoms with E-state index < -0.39 is 0 Å². The maximum Gasteiger partial charge on any atom is 0.189 e. The van der Waals surface area contributed by atoms with Gasteiger partial charge in [0.2, 0.25) is 0 Å². The molecular formula is C19H17Cl2NO. The number of nitrogens with one attached hydrogen (secondary N) is 1. The van der Waals surface area contributed by atoms with Gasteiger partial charge >= 0.3 is 0 Å². The number of carbonyl (C=O) groups excluding carboxylic acids is 1. The highest BCUT2D eigenvalue weighted by atomic mass is 35.5. The molecule has 0 aliphatic carbocycles. The van der Waals surface area contributed by atoms with Crippen molar-refractivity contribution in [1.82, 2.24) is 5.32 Å². The van der Waals surface area contributed by atoms with Crippen molar-refractivity contribution in [2.75, 3.05) is 0 Å². The molecule has 2 aromatic rings. The highest BCUT2D eigenvalue weighted by Crippen LogP contribution is 2.30. The van der Waals surface area contributed by atoms with E-state index in [0.717, 1.165) is 17.7 Å². The minimum atomic E-state index is -0.137. The molecule has 0 spiro atoms. The lowest BCUT2D eigenvalue weighted by Crippen LogP contribution is -2.43. The molecule has 1 N–H and O–H groups in total. The zero-order chi connectivity index (χ0) is 16.6. The minimum Gasteiger partial charge on any atom is -0.379 e. The summed E-state index contributed by atoms with van der Waals surface area (Å²) < 4.78 is 0. The maximum absolute atomic E-state index is 12.6. The Labute approximate surface area is 146 Å². The van der Waals surface area contributed by atoms with Crippen molar-refractivity contribution in [1.29, 1.82) is 0 Å². The smallest absolute Gasteiger partial charge is 0.189 e. The van der Waals surface area contributed by atoms with Crippen LogP contribution in [0.2, 0.25) is 10.0 Å². The number of allylic oxidation sites excluding steroid dienone is 1. The largest absolute Gasteiger partial charge is 0.379 e. The first-order chi connectivity index (χ1) is 10.9. The van der Waals surface area contributed by atoms with Gasteiger partial charge in [-0.2, -0.15) is 0 Å². The Morgan fingerprint density at radius 3 is 2.65 bits per heavy atom. The summed E-state index contributed by atoms with van der Waals surface area (Å²) in [5.41, 5.74) is 3.46. The summed E-state index contributed by atoms with van der Waals surface area (Å²) in [5, 5.41) is 4.33. The highest BCUT2D eigenvalue weighted by molar-refractivity contribution is 6.37. The molecule has 118 valence electrons. The lowest BCUT2D eigenvalue weighted by atomic mass is 9.85. The van der Waals surface area contributed by atoms with Crippen LogP contribution >= 0.6 is 23.2 Å². The number of ketones is 1. The maximum atomic E-state index is 12.6. The summed E-state index contributed by atoms with van der Waals surface area (Å²) in [6.45, 7) is 4.24. The van der Waals surface area contributed by atoms with E-state index in [1.807, 2.05) is 18.2 Å². The second-order valence-corrected chi connectivity index (χ2v) is 7.23. The molecule has 0 saturated carbocycles. The fourth-order valence-electron chi connectivity index (χ4n) is 2.90. The van der Waals surface area contributed by atoms with Crippen molar-refractivity contribution in [3.63, 3.8) is 0 Å². The fourth-order valence-corrected chi connectivity index (χ4v) is 3.40. The number of hydrogen-bond donors (Lipinski definition) is 1. The summed E-state index contributed by atoms with van der Waals surface area (Å²) in [6, 6.07) is 13.0. The third-order valence-electron chi connectivity index (χ3n) is 3.89. The van der Waals surface area contributed by atoms with E-state index in [9.17, 15) is 4.79 Å². The Morgan fingerprint density at radius 2 is 1.91 bits per heavy atom. The van der Waals surface area contributed by atoms with Crippen molar-refractivity contribution in [3.05, 3.63) is 75.3 Å². The first-order valence-electron chi connectivity index (χ1n) is 7.43. The average Bonchev–Trinajstić information content (AvgIpc) is 2.45. The molecule has 0 unspecified atom stereocenters. The average molecular weight is 346 g/mol. The van der Waals surface area contributed by atoms with E-state index in [-0.39, 0.29) is 11.3 Å². The molecular weight excluding hydrogens is 329 g/mol. The molecule has 0 bridgehead atoms. The monoisotopic (exact) mass is 345 g/mol. The predicted octanol–water partition coefficient (Wildman–Crippen LogP) is 5.14. The van der Waals surface area contributed by atoms with Gasteiger partial charge in [-0.15, -0.1) is 0 Å². The summed E-state index contributed by atoms with van der Waals surface area (Å²) in [4.78, 5) is 12.6. The number of benzene rings is 2. The molecule has 0 saturated heterocycles. The molecule has 0 atom stereocenters. The molecule has 1 aliphatic heterocycles. The molecule has 0 fully saturated rings. The van der Waals surface area contributed by atoms with E-state index in [1.165, 1.54) is 5.56 Å². The third-order valence-corrected chi connectivity index (χ3v) is 4.43. The van der Waals surface area contributed by atoms with Gasteiger partial charge in [0.05, 0.1) is 5.02 Å². The van der Waals surface area contributed by atoms with Gasteiger partial charge in [-0.1, -0.05) is 47.5 Å². The lowest BCUT2D eigenvalue weighted by molar-refractivity contribution is 0.104. The summed E-state index contributed by atoms with van der Waals surface area (Å²) in [6.07, 6.45) is 2.53. The summed E-state index contributed by atoms with van der Waals surface area (Å²) in [5.74, 6) is -0.137. The van der Waals surface area contributed by atoms with Crippen LogP contribution in [0.4, 0.5) is 0 Å². The second kappa shape index (κ2) is 6.03. The van der Waals surface area contributed by atoms with Crippen molar-refractivity contribution in [2.24, 2.45) is 0 Å². The standard InChI is InChI=1S/C19H17Cl2NO/c1-19(2)11-12-5-3-4-6-14(12)17(22-19)10-18(23)15-8-7-13(20)9-16(15)21/h3-10,22H,11H2,1-2H3/b17-10-. The van der Waals surface area contributed by atoms with Gasteiger partial charge in [-0.05, 0) is 44.0 Å². The van der Waals surface area contributed by atoms with Crippen LogP contribution in [-0.4, -0.2) is 11.3 Å². The molecule has 0 amide bonds. The molecule has 0 aromatic heterocycles. The van der Waals surface area contributed by atoms with Crippen molar-refractivity contribution >= 4 is 34.7 Å². The number of carbonyl (C=O) groups is 1. The molecule has 0 radical (unpaired) electrons. The molecule has 23 heavy (non-hydrogen) atoms. The molecule has 2 nitrogen and oxygen atoms in total. The lowest BCUT2D eigenvalue weighted by Gasteiger charge is -2.35. The summed E-state index contributed by atoms with van der Waals surface area (Å²) >= 11 is 12.0. The van der Waals surface area contributed by atoms with Crippen LogP contribution in [0.3, 0.4) is 0 Å². The van der Waals surface area contributed by atoms with Gasteiger partial charge in [0.1, 0.15) is 0 Å². The van der Waals surface area contributed by atoms with Crippen LogP contribution in [0.15, 0.2) is 48.5 Å². The number of fused-ring (bicyclic) bond motifs is 1. The number of rotatable bonds is 2. The minimum absolute atomic E-state index is 0.107. The Hall–Kier alpha value is -1.77. The quantitative estimate of drug-likeness (QED) is 0.602. The molecule has 4 heteroatoms. The van der Waals surface area contributed by atoms with Gasteiger partial charge < -0.3 is 5.32 Å². The first kappa shape index (κ1) is 16.1. The van der Waals surface area contributed by atoms with Crippen LogP contribution in [-0.2, 0) is 6.42 Å². The van der Waals surface area contributed by atoms with Gasteiger partial charge in [0.25, 0.3) is 0 Å². The normalized spacial score (nSPS) is 17.5. The van der Waals surface area contributed by atoms with Crippen molar-refractivity contribution in [3.8, 4) is 0 Å². The Morgan fingerprint density at radius 1 is 1.17 bits per heavy atom. The molecule has 2 aromatic carbocycles. The topological polar surface area (TPSA) is 29.1 Å². The van der Waals surface area contributed by atoms with E-state index in [0.29, 0.717) is 15.6 Å². The number of hydrogen-bond acceptors (Lipinski definition) is 2.